The standard InChI is InChI=1S/C10H5FINO/c11-9-8-6(4-5-13)2-1-3-7(8)14-10(9)12/h1-3H,4H2. The molecule has 14 heavy (non-hydrogen) atoms. The highest BCUT2D eigenvalue weighted by atomic mass is 127. The Labute approximate surface area is 93.5 Å². The van der Waals surface area contributed by atoms with Crippen LogP contribution in [0.4, 0.5) is 4.39 Å². The van der Waals surface area contributed by atoms with Crippen LogP contribution in [0.5, 0.6) is 0 Å². The summed E-state index contributed by atoms with van der Waals surface area (Å²) in [4.78, 5) is 0. The van der Waals surface area contributed by atoms with Crippen LogP contribution >= 0.6 is 22.6 Å². The summed E-state index contributed by atoms with van der Waals surface area (Å²) in [6.07, 6.45) is 0.198. The quantitative estimate of drug-likeness (QED) is 0.758. The van der Waals surface area contributed by atoms with Crippen molar-refractivity contribution in [1.82, 2.24) is 0 Å². The Morgan fingerprint density at radius 2 is 2.29 bits per heavy atom. The van der Waals surface area contributed by atoms with Gasteiger partial charge in [-0.3, -0.25) is 0 Å². The van der Waals surface area contributed by atoms with E-state index >= 15 is 0 Å². The summed E-state index contributed by atoms with van der Waals surface area (Å²) >= 11 is 1.80. The number of hydrogen-bond donors (Lipinski definition) is 0. The molecule has 0 aliphatic heterocycles. The van der Waals surface area contributed by atoms with Crippen LogP contribution in [-0.4, -0.2) is 0 Å². The average molecular weight is 301 g/mol. The first-order valence-electron chi connectivity index (χ1n) is 3.96. The highest BCUT2D eigenvalue weighted by Gasteiger charge is 2.14. The van der Waals surface area contributed by atoms with Crippen molar-refractivity contribution in [1.29, 1.82) is 5.26 Å². The number of nitriles is 1. The number of fused-ring (bicyclic) bond motifs is 1. The Kier molecular flexibility index (Phi) is 2.42. The number of furan rings is 1. The lowest BCUT2D eigenvalue weighted by Gasteiger charge is -1.95. The summed E-state index contributed by atoms with van der Waals surface area (Å²) in [5.41, 5.74) is 1.17. The first-order valence-corrected chi connectivity index (χ1v) is 5.04. The molecule has 1 aromatic carbocycles. The maximum atomic E-state index is 13.5. The molecule has 4 heteroatoms. The maximum Gasteiger partial charge on any atom is 0.200 e. The highest BCUT2D eigenvalue weighted by molar-refractivity contribution is 14.1. The van der Waals surface area contributed by atoms with E-state index in [9.17, 15) is 4.39 Å². The SMILES string of the molecule is N#CCc1cccc2oc(I)c(F)c12. The third-order valence-electron chi connectivity index (χ3n) is 1.97. The van der Waals surface area contributed by atoms with Gasteiger partial charge in [-0.05, 0) is 11.6 Å². The molecule has 0 N–H and O–H groups in total. The topological polar surface area (TPSA) is 36.9 Å². The zero-order chi connectivity index (χ0) is 10.1. The molecule has 2 aromatic rings. The second-order valence-electron chi connectivity index (χ2n) is 2.81. The van der Waals surface area contributed by atoms with Crippen LogP contribution in [-0.2, 0) is 6.42 Å². The molecule has 0 atom stereocenters. The van der Waals surface area contributed by atoms with Crippen molar-refractivity contribution >= 4 is 33.6 Å². The first-order chi connectivity index (χ1) is 6.74. The molecule has 0 aliphatic carbocycles. The molecule has 0 saturated heterocycles. The summed E-state index contributed by atoms with van der Waals surface area (Å²) < 4.78 is 19.0. The largest absolute Gasteiger partial charge is 0.447 e. The summed E-state index contributed by atoms with van der Waals surface area (Å²) in [6, 6.07) is 7.19. The normalized spacial score (nSPS) is 10.4. The summed E-state index contributed by atoms with van der Waals surface area (Å²) in [7, 11) is 0. The van der Waals surface area contributed by atoms with Crippen molar-refractivity contribution in [3.8, 4) is 6.07 Å². The van der Waals surface area contributed by atoms with Gasteiger partial charge in [0, 0.05) is 22.6 Å². The maximum absolute atomic E-state index is 13.5. The third kappa shape index (κ3) is 1.38. The summed E-state index contributed by atoms with van der Waals surface area (Å²) in [5.74, 6) is -0.369. The lowest BCUT2D eigenvalue weighted by Crippen LogP contribution is -1.84. The molecule has 0 saturated carbocycles. The zero-order valence-corrected chi connectivity index (χ0v) is 9.21. The highest BCUT2D eigenvalue weighted by Crippen LogP contribution is 2.28. The predicted molar refractivity (Wildman–Crippen MR) is 58.2 cm³/mol. The van der Waals surface area contributed by atoms with Gasteiger partial charge in [-0.15, -0.1) is 0 Å². The van der Waals surface area contributed by atoms with Crippen LogP contribution < -0.4 is 0 Å². The van der Waals surface area contributed by atoms with E-state index in [2.05, 4.69) is 0 Å². The molecule has 2 rings (SSSR count). The van der Waals surface area contributed by atoms with E-state index < -0.39 is 0 Å². The fourth-order valence-corrected chi connectivity index (χ4v) is 1.89. The molecule has 0 fully saturated rings. The molecule has 0 radical (unpaired) electrons. The van der Waals surface area contributed by atoms with Gasteiger partial charge in [0.2, 0.25) is 3.77 Å². The molecule has 2 nitrogen and oxygen atoms in total. The molecule has 0 amide bonds. The van der Waals surface area contributed by atoms with Gasteiger partial charge >= 0.3 is 0 Å². The lowest BCUT2D eigenvalue weighted by atomic mass is 10.1. The monoisotopic (exact) mass is 301 g/mol. The van der Waals surface area contributed by atoms with E-state index in [1.807, 2.05) is 6.07 Å². The molecule has 0 aliphatic rings. The average Bonchev–Trinajstić information content (AvgIpc) is 2.45. The molecule has 1 heterocycles. The number of benzene rings is 1. The Morgan fingerprint density at radius 1 is 1.50 bits per heavy atom. The second-order valence-corrected chi connectivity index (χ2v) is 3.79. The fraction of sp³-hybridized carbons (Fsp3) is 0.100. The molecular weight excluding hydrogens is 296 g/mol. The van der Waals surface area contributed by atoms with Crippen LogP contribution in [0.25, 0.3) is 11.0 Å². The number of halogens is 2. The minimum absolute atomic E-state index is 0.198. The van der Waals surface area contributed by atoms with Gasteiger partial charge in [0.25, 0.3) is 0 Å². The van der Waals surface area contributed by atoms with E-state index in [1.165, 1.54) is 0 Å². The Morgan fingerprint density at radius 3 is 3.00 bits per heavy atom. The van der Waals surface area contributed by atoms with E-state index in [1.54, 1.807) is 40.8 Å². The van der Waals surface area contributed by atoms with Gasteiger partial charge in [0.15, 0.2) is 5.82 Å². The third-order valence-corrected chi connectivity index (χ3v) is 2.67. The molecular formula is C10H5FINO. The van der Waals surface area contributed by atoms with Crippen LogP contribution in [0, 0.1) is 20.9 Å². The van der Waals surface area contributed by atoms with Gasteiger partial charge in [-0.25, -0.2) is 4.39 Å². The summed E-state index contributed by atoms with van der Waals surface area (Å²) in [5, 5.41) is 9.00. The van der Waals surface area contributed by atoms with E-state index in [0.29, 0.717) is 16.5 Å². The molecule has 0 bridgehead atoms. The molecule has 70 valence electrons. The van der Waals surface area contributed by atoms with Crippen molar-refractivity contribution in [2.24, 2.45) is 0 Å². The smallest absolute Gasteiger partial charge is 0.200 e. The lowest BCUT2D eigenvalue weighted by molar-refractivity contribution is 0.527. The van der Waals surface area contributed by atoms with E-state index in [0.717, 1.165) is 0 Å². The predicted octanol–water partition coefficient (Wildman–Crippen LogP) is 3.24. The number of hydrogen-bond acceptors (Lipinski definition) is 2. The van der Waals surface area contributed by atoms with Crippen molar-refractivity contribution in [3.63, 3.8) is 0 Å². The van der Waals surface area contributed by atoms with Gasteiger partial charge in [0.05, 0.1) is 17.9 Å². The number of nitrogens with zero attached hydrogens (tertiary/aromatic N) is 1. The Hall–Kier alpha value is -1.09. The minimum Gasteiger partial charge on any atom is -0.447 e. The van der Waals surface area contributed by atoms with Crippen LogP contribution in [0.1, 0.15) is 5.56 Å². The van der Waals surface area contributed by atoms with Crippen LogP contribution in [0.2, 0.25) is 0 Å². The van der Waals surface area contributed by atoms with E-state index in [4.69, 9.17) is 9.68 Å². The van der Waals surface area contributed by atoms with Crippen molar-refractivity contribution in [3.05, 3.63) is 33.3 Å². The van der Waals surface area contributed by atoms with Crippen LogP contribution in [0.15, 0.2) is 22.6 Å². The fourth-order valence-electron chi connectivity index (χ4n) is 1.38. The Bertz CT molecular complexity index is 527. The summed E-state index contributed by atoms with van der Waals surface area (Å²) in [6.45, 7) is 0. The first kappa shape index (κ1) is 9.46. The molecule has 0 unspecified atom stereocenters. The van der Waals surface area contributed by atoms with Gasteiger partial charge in [-0.2, -0.15) is 5.26 Å². The van der Waals surface area contributed by atoms with Gasteiger partial charge < -0.3 is 4.42 Å². The second kappa shape index (κ2) is 3.58. The van der Waals surface area contributed by atoms with Crippen LogP contribution in [0.3, 0.4) is 0 Å². The van der Waals surface area contributed by atoms with Crippen molar-refractivity contribution in [2.75, 3.05) is 0 Å². The van der Waals surface area contributed by atoms with Crippen molar-refractivity contribution in [2.45, 2.75) is 6.42 Å². The van der Waals surface area contributed by atoms with Gasteiger partial charge in [0.1, 0.15) is 5.58 Å². The van der Waals surface area contributed by atoms with E-state index in [-0.39, 0.29) is 16.0 Å². The van der Waals surface area contributed by atoms with Gasteiger partial charge in [-0.1, -0.05) is 12.1 Å². The Balaban J connectivity index is 2.79. The zero-order valence-electron chi connectivity index (χ0n) is 7.05. The molecule has 1 aromatic heterocycles. The van der Waals surface area contributed by atoms with Crippen molar-refractivity contribution < 1.29 is 8.81 Å². The number of rotatable bonds is 1. The minimum atomic E-state index is -0.369. The molecule has 0 spiro atoms.